The smallest absolute Gasteiger partial charge is 0.269 e. The third kappa shape index (κ3) is 2.38. The Labute approximate surface area is 112 Å². The van der Waals surface area contributed by atoms with E-state index in [0.717, 1.165) is 10.1 Å². The summed E-state index contributed by atoms with van der Waals surface area (Å²) in [7, 11) is 0. The molecule has 0 saturated heterocycles. The van der Waals surface area contributed by atoms with Gasteiger partial charge in [0.15, 0.2) is 0 Å². The van der Waals surface area contributed by atoms with Crippen LogP contribution in [-0.4, -0.2) is 9.30 Å². The summed E-state index contributed by atoms with van der Waals surface area (Å²) in [4.78, 5) is 10.1. The van der Waals surface area contributed by atoms with Crippen LogP contribution < -0.4 is 4.74 Å². The fraction of sp³-hybridized carbons (Fsp3) is 0. The number of hydrogen-bond acceptors (Lipinski definition) is 5. The lowest BCUT2D eigenvalue weighted by molar-refractivity contribution is -0.384. The molecule has 0 unspecified atom stereocenters. The van der Waals surface area contributed by atoms with Crippen LogP contribution in [0.25, 0.3) is 10.1 Å². The van der Waals surface area contributed by atoms with E-state index < -0.39 is 4.92 Å². The van der Waals surface area contributed by atoms with E-state index in [1.165, 1.54) is 23.7 Å². The summed E-state index contributed by atoms with van der Waals surface area (Å²) in [5.41, 5.74) is 0.0461. The molecule has 0 bridgehead atoms. The molecule has 0 aliphatic rings. The molecule has 0 N–H and O–H groups in total. The summed E-state index contributed by atoms with van der Waals surface area (Å²) in [6.07, 6.45) is 1.78. The van der Waals surface area contributed by atoms with Gasteiger partial charge in [-0.1, -0.05) is 0 Å². The molecular formula is C13H8N2O3S. The van der Waals surface area contributed by atoms with E-state index in [-0.39, 0.29) is 5.69 Å². The van der Waals surface area contributed by atoms with Gasteiger partial charge in [-0.25, -0.2) is 0 Å². The van der Waals surface area contributed by atoms with Crippen LogP contribution in [0.5, 0.6) is 11.5 Å². The van der Waals surface area contributed by atoms with Gasteiger partial charge in [0.2, 0.25) is 0 Å². The van der Waals surface area contributed by atoms with Gasteiger partial charge in [0, 0.05) is 23.7 Å². The maximum absolute atomic E-state index is 10.5. The Hall–Kier alpha value is -2.47. The van der Waals surface area contributed by atoms with Crippen molar-refractivity contribution in [2.75, 3.05) is 0 Å². The molecule has 94 valence electrons. The molecule has 2 aromatic carbocycles. The van der Waals surface area contributed by atoms with E-state index in [2.05, 4.69) is 4.37 Å². The van der Waals surface area contributed by atoms with E-state index in [0.29, 0.717) is 11.5 Å². The van der Waals surface area contributed by atoms with Crippen LogP contribution in [-0.2, 0) is 0 Å². The maximum Gasteiger partial charge on any atom is 0.269 e. The quantitative estimate of drug-likeness (QED) is 0.534. The minimum Gasteiger partial charge on any atom is -0.457 e. The molecule has 3 aromatic rings. The standard InChI is InChI=1S/C13H8N2O3S/c16-15(17)10-1-3-11(4-2-10)18-12-5-6-13-9(7-12)8-14-19-13/h1-8H. The maximum atomic E-state index is 10.5. The first-order valence-corrected chi connectivity index (χ1v) is 6.26. The van der Waals surface area contributed by atoms with Crippen LogP contribution in [0.15, 0.2) is 48.7 Å². The number of benzene rings is 2. The van der Waals surface area contributed by atoms with Crippen LogP contribution in [0.2, 0.25) is 0 Å². The fourth-order valence-corrected chi connectivity index (χ4v) is 2.31. The van der Waals surface area contributed by atoms with Gasteiger partial charge in [-0.05, 0) is 41.9 Å². The molecule has 0 aliphatic carbocycles. The zero-order chi connectivity index (χ0) is 13.2. The van der Waals surface area contributed by atoms with Crippen molar-refractivity contribution in [3.63, 3.8) is 0 Å². The Morgan fingerprint density at radius 1 is 1.11 bits per heavy atom. The number of aromatic nitrogens is 1. The highest BCUT2D eigenvalue weighted by Crippen LogP contribution is 2.28. The lowest BCUT2D eigenvalue weighted by Crippen LogP contribution is -1.88. The van der Waals surface area contributed by atoms with Crippen LogP contribution in [0.3, 0.4) is 0 Å². The Morgan fingerprint density at radius 3 is 2.58 bits per heavy atom. The SMILES string of the molecule is O=[N+]([O-])c1ccc(Oc2ccc3sncc3c2)cc1. The molecule has 19 heavy (non-hydrogen) atoms. The van der Waals surface area contributed by atoms with Gasteiger partial charge in [-0.2, -0.15) is 4.37 Å². The average Bonchev–Trinajstić information content (AvgIpc) is 2.87. The lowest BCUT2D eigenvalue weighted by Gasteiger charge is -2.05. The molecule has 0 radical (unpaired) electrons. The Morgan fingerprint density at radius 2 is 1.84 bits per heavy atom. The molecule has 0 saturated carbocycles. The van der Waals surface area contributed by atoms with Gasteiger partial charge >= 0.3 is 0 Å². The molecule has 1 heterocycles. The van der Waals surface area contributed by atoms with Gasteiger partial charge in [0.25, 0.3) is 5.69 Å². The second-order valence-electron chi connectivity index (χ2n) is 3.88. The highest BCUT2D eigenvalue weighted by molar-refractivity contribution is 7.13. The van der Waals surface area contributed by atoms with Crippen molar-refractivity contribution in [3.8, 4) is 11.5 Å². The van der Waals surface area contributed by atoms with Crippen molar-refractivity contribution in [2.45, 2.75) is 0 Å². The number of non-ortho nitro benzene ring substituents is 1. The van der Waals surface area contributed by atoms with Crippen molar-refractivity contribution < 1.29 is 9.66 Å². The first-order chi connectivity index (χ1) is 9.22. The predicted octanol–water partition coefficient (Wildman–Crippen LogP) is 4.00. The number of rotatable bonds is 3. The summed E-state index contributed by atoms with van der Waals surface area (Å²) in [5.74, 6) is 1.25. The fourth-order valence-electron chi connectivity index (χ4n) is 1.69. The zero-order valence-corrected chi connectivity index (χ0v) is 10.5. The second-order valence-corrected chi connectivity index (χ2v) is 4.71. The first kappa shape index (κ1) is 11.6. The van der Waals surface area contributed by atoms with Crippen molar-refractivity contribution in [1.29, 1.82) is 0 Å². The molecule has 1 aromatic heterocycles. The summed E-state index contributed by atoms with van der Waals surface area (Å²) in [6, 6.07) is 11.7. The van der Waals surface area contributed by atoms with Crippen LogP contribution in [0, 0.1) is 10.1 Å². The van der Waals surface area contributed by atoms with Gasteiger partial charge in [-0.15, -0.1) is 0 Å². The molecule has 0 atom stereocenters. The van der Waals surface area contributed by atoms with Crippen molar-refractivity contribution in [2.24, 2.45) is 0 Å². The number of nitrogens with zero attached hydrogens (tertiary/aromatic N) is 2. The van der Waals surface area contributed by atoms with Gasteiger partial charge in [-0.3, -0.25) is 10.1 Å². The number of fused-ring (bicyclic) bond motifs is 1. The van der Waals surface area contributed by atoms with E-state index in [1.807, 2.05) is 18.2 Å². The number of ether oxygens (including phenoxy) is 1. The minimum absolute atomic E-state index is 0.0461. The normalized spacial score (nSPS) is 10.5. The van der Waals surface area contributed by atoms with Gasteiger partial charge < -0.3 is 4.74 Å². The topological polar surface area (TPSA) is 65.3 Å². The Kier molecular flexibility index (Phi) is 2.85. The van der Waals surface area contributed by atoms with E-state index in [4.69, 9.17) is 4.74 Å². The monoisotopic (exact) mass is 272 g/mol. The third-order valence-corrected chi connectivity index (χ3v) is 3.39. The van der Waals surface area contributed by atoms with Crippen molar-refractivity contribution in [1.82, 2.24) is 4.37 Å². The second kappa shape index (κ2) is 4.66. The highest BCUT2D eigenvalue weighted by atomic mass is 32.1. The summed E-state index contributed by atoms with van der Waals surface area (Å²) in [6.45, 7) is 0. The van der Waals surface area contributed by atoms with Gasteiger partial charge in [0.05, 0.1) is 9.62 Å². The van der Waals surface area contributed by atoms with Crippen molar-refractivity contribution >= 4 is 27.3 Å². The molecule has 0 fully saturated rings. The summed E-state index contributed by atoms with van der Waals surface area (Å²) in [5, 5.41) is 11.6. The average molecular weight is 272 g/mol. The molecule has 6 heteroatoms. The number of nitro benzene ring substituents is 1. The van der Waals surface area contributed by atoms with E-state index >= 15 is 0 Å². The Balaban J connectivity index is 1.85. The molecular weight excluding hydrogens is 264 g/mol. The van der Waals surface area contributed by atoms with E-state index in [1.54, 1.807) is 18.3 Å². The first-order valence-electron chi connectivity index (χ1n) is 5.49. The van der Waals surface area contributed by atoms with Crippen LogP contribution in [0.4, 0.5) is 5.69 Å². The number of nitro groups is 1. The minimum atomic E-state index is -0.438. The Bertz CT molecular complexity index is 737. The van der Waals surface area contributed by atoms with Gasteiger partial charge in [0.1, 0.15) is 11.5 Å². The third-order valence-electron chi connectivity index (χ3n) is 2.61. The molecule has 5 nitrogen and oxygen atoms in total. The summed E-state index contributed by atoms with van der Waals surface area (Å²) >= 11 is 1.43. The summed E-state index contributed by atoms with van der Waals surface area (Å²) < 4.78 is 10.8. The molecule has 0 amide bonds. The molecule has 0 spiro atoms. The zero-order valence-electron chi connectivity index (χ0n) is 9.65. The lowest BCUT2D eigenvalue weighted by atomic mass is 10.2. The molecule has 0 aliphatic heterocycles. The largest absolute Gasteiger partial charge is 0.457 e. The van der Waals surface area contributed by atoms with Crippen LogP contribution in [0.1, 0.15) is 0 Å². The number of hydrogen-bond donors (Lipinski definition) is 0. The van der Waals surface area contributed by atoms with Crippen LogP contribution >= 0.6 is 11.5 Å². The van der Waals surface area contributed by atoms with Crippen molar-refractivity contribution in [3.05, 3.63) is 58.8 Å². The van der Waals surface area contributed by atoms with E-state index in [9.17, 15) is 10.1 Å². The molecule has 3 rings (SSSR count). The highest BCUT2D eigenvalue weighted by Gasteiger charge is 2.05. The predicted molar refractivity (Wildman–Crippen MR) is 72.8 cm³/mol.